The Hall–Kier alpha value is -5.24. The number of carbonyl (C=O) groups is 4. The van der Waals surface area contributed by atoms with Crippen LogP contribution in [-0.2, 0) is 41.1 Å². The first-order chi connectivity index (χ1) is 27.9. The van der Waals surface area contributed by atoms with Crippen molar-refractivity contribution in [1.29, 1.82) is 0 Å². The van der Waals surface area contributed by atoms with Crippen molar-refractivity contribution in [1.82, 2.24) is 10.2 Å². The van der Waals surface area contributed by atoms with Gasteiger partial charge in [-0.05, 0) is 57.0 Å². The summed E-state index contributed by atoms with van der Waals surface area (Å²) in [7, 11) is 5.37. The van der Waals surface area contributed by atoms with Gasteiger partial charge in [0.25, 0.3) is 11.6 Å². The molecule has 3 amide bonds. The number of nitro groups is 1. The number of likely N-dealkylation sites (N-methyl/N-ethyl adjacent to an activating group) is 1. The van der Waals surface area contributed by atoms with Gasteiger partial charge in [0.15, 0.2) is 5.72 Å². The molecule has 2 aromatic rings. The Bertz CT molecular complexity index is 2120. The third-order valence-electron chi connectivity index (χ3n) is 11.2. The predicted octanol–water partition coefficient (Wildman–Crippen LogP) is 5.76. The largest absolute Gasteiger partial charge is 0.495 e. The molecule has 2 N–H and O–H groups in total. The zero-order chi connectivity index (χ0) is 44.6. The van der Waals surface area contributed by atoms with Crippen molar-refractivity contribution in [3.05, 3.63) is 86.0 Å². The van der Waals surface area contributed by atoms with Crippen LogP contribution < -0.4 is 15.0 Å². The number of allylic oxidation sites excluding steroid dienone is 3. The molecule has 0 saturated carbocycles. The van der Waals surface area contributed by atoms with Crippen LogP contribution in [0, 0.1) is 16.0 Å². The van der Waals surface area contributed by atoms with Crippen LogP contribution in [-0.4, -0.2) is 109 Å². The van der Waals surface area contributed by atoms with E-state index >= 15 is 0 Å². The minimum absolute atomic E-state index is 0.116. The van der Waals surface area contributed by atoms with Gasteiger partial charge in [0.1, 0.15) is 46.3 Å². The Morgan fingerprint density at radius 3 is 2.50 bits per heavy atom. The number of ether oxygens (including phenoxy) is 5. The Kier molecular flexibility index (Phi) is 13.3. The third-order valence-corrected chi connectivity index (χ3v) is 11.6. The van der Waals surface area contributed by atoms with E-state index in [0.717, 1.165) is 23.6 Å². The quantitative estimate of drug-likeness (QED) is 0.148. The van der Waals surface area contributed by atoms with Gasteiger partial charge >= 0.3 is 18.2 Å². The van der Waals surface area contributed by atoms with E-state index in [1.54, 1.807) is 44.2 Å². The van der Waals surface area contributed by atoms with Gasteiger partial charge in [0.2, 0.25) is 5.91 Å². The fourth-order valence-electron chi connectivity index (χ4n) is 7.44. The van der Waals surface area contributed by atoms with Gasteiger partial charge in [0, 0.05) is 45.2 Å². The first-order valence-corrected chi connectivity index (χ1v) is 19.1. The smallest absolute Gasteiger partial charge is 0.423 e. The van der Waals surface area contributed by atoms with Gasteiger partial charge in [-0.1, -0.05) is 42.3 Å². The lowest BCUT2D eigenvalue weighted by atomic mass is 9.83. The van der Waals surface area contributed by atoms with Gasteiger partial charge < -0.3 is 38.6 Å². The van der Waals surface area contributed by atoms with Crippen molar-refractivity contribution in [3.63, 3.8) is 0 Å². The molecule has 2 fully saturated rings. The number of epoxide rings is 1. The molecule has 0 aliphatic carbocycles. The molecule has 3 aliphatic heterocycles. The summed E-state index contributed by atoms with van der Waals surface area (Å²) in [5.41, 5.74) is -5.05. The first kappa shape index (κ1) is 45.8. The predicted molar refractivity (Wildman–Crippen MR) is 208 cm³/mol. The zero-order valence-electron chi connectivity index (χ0n) is 34.0. The molecule has 2 saturated heterocycles. The monoisotopic (exact) mass is 866 g/mol. The number of halogens is 4. The molecule has 60 heavy (non-hydrogen) atoms. The zero-order valence-corrected chi connectivity index (χ0v) is 34.8. The maximum absolute atomic E-state index is 14.2. The average Bonchev–Trinajstić information content (AvgIpc) is 3.88. The summed E-state index contributed by atoms with van der Waals surface area (Å²) in [6.45, 7) is 6.35. The normalized spacial score (nSPS) is 29.1. The molecule has 3 heterocycles. The van der Waals surface area contributed by atoms with Crippen LogP contribution in [0.2, 0.25) is 5.02 Å². The Balaban J connectivity index is 1.51. The number of anilines is 1. The first-order valence-electron chi connectivity index (χ1n) is 18.7. The Morgan fingerprint density at radius 2 is 1.88 bits per heavy atom. The van der Waals surface area contributed by atoms with Gasteiger partial charge in [-0.2, -0.15) is 13.2 Å². The summed E-state index contributed by atoms with van der Waals surface area (Å²) in [6, 6.07) is 3.64. The second kappa shape index (κ2) is 17.4. The Labute approximate surface area is 348 Å². The van der Waals surface area contributed by atoms with E-state index in [-0.39, 0.29) is 22.9 Å². The maximum atomic E-state index is 14.2. The van der Waals surface area contributed by atoms with Gasteiger partial charge in [-0.15, -0.1) is 0 Å². The lowest BCUT2D eigenvalue weighted by Gasteiger charge is -2.42. The molecule has 326 valence electrons. The number of aliphatic hydroxyl groups is 1. The van der Waals surface area contributed by atoms with Crippen molar-refractivity contribution in [3.8, 4) is 5.75 Å². The van der Waals surface area contributed by atoms with Gasteiger partial charge in [-0.25, -0.2) is 9.59 Å². The number of hydrogen-bond acceptors (Lipinski definition) is 12. The highest BCUT2D eigenvalue weighted by atomic mass is 35.5. The van der Waals surface area contributed by atoms with Crippen LogP contribution in [0.3, 0.4) is 0 Å². The molecule has 3 aliphatic rings. The minimum Gasteiger partial charge on any atom is -0.495 e. The summed E-state index contributed by atoms with van der Waals surface area (Å²) in [5.74, 6) is -3.18. The highest BCUT2D eigenvalue weighted by Gasteiger charge is 2.64. The van der Waals surface area contributed by atoms with E-state index in [2.05, 4.69) is 5.32 Å². The van der Waals surface area contributed by atoms with Crippen LogP contribution in [0.4, 0.5) is 29.3 Å². The summed E-state index contributed by atoms with van der Waals surface area (Å²) >= 11 is 6.72. The lowest BCUT2D eigenvalue weighted by molar-refractivity contribution is -0.388. The molecule has 2 aromatic carbocycles. The fourth-order valence-corrected chi connectivity index (χ4v) is 7.75. The van der Waals surface area contributed by atoms with E-state index in [9.17, 15) is 47.6 Å². The molecule has 4 bridgehead atoms. The van der Waals surface area contributed by atoms with Crippen LogP contribution in [0.25, 0.3) is 0 Å². The minimum atomic E-state index is -5.17. The SMILES string of the molecule is COc1cc2cc(c1Cl)N(C)C(=O)C[C@H](OC(=O)[C@H](C)N(C)C(=O)c1ccc([N+](=O)[O-])c(C(F)(F)F)c1)[C@]1(C)O[C@H]1[C@H](C)[C@@H]1C[C@@](O)(NC(=O)O1)[C@H](OC)/C=C/C=C(\C)C2. The summed E-state index contributed by atoms with van der Waals surface area (Å²) in [6.07, 6.45) is -5.62. The van der Waals surface area contributed by atoms with Gasteiger partial charge in [-0.3, -0.25) is 25.0 Å². The highest BCUT2D eigenvalue weighted by Crippen LogP contribution is 2.49. The number of hydrogen-bond donors (Lipinski definition) is 2. The van der Waals surface area contributed by atoms with Crippen molar-refractivity contribution >= 4 is 46.9 Å². The summed E-state index contributed by atoms with van der Waals surface area (Å²) in [5, 5.41) is 25.6. The third kappa shape index (κ3) is 9.38. The van der Waals surface area contributed by atoms with E-state index in [1.165, 1.54) is 33.1 Å². The molecular weight excluding hydrogens is 821 g/mol. The molecule has 0 aromatic heterocycles. The van der Waals surface area contributed by atoms with E-state index in [4.69, 9.17) is 35.3 Å². The van der Waals surface area contributed by atoms with Crippen molar-refractivity contribution in [2.75, 3.05) is 33.2 Å². The van der Waals surface area contributed by atoms with Crippen molar-refractivity contribution in [2.45, 2.75) is 94.9 Å². The number of alkyl halides is 3. The number of methoxy groups -OCH3 is 2. The molecule has 0 unspecified atom stereocenters. The van der Waals surface area contributed by atoms with Crippen LogP contribution in [0.15, 0.2) is 54.1 Å². The lowest BCUT2D eigenvalue weighted by Crippen LogP contribution is -2.63. The van der Waals surface area contributed by atoms with Crippen LogP contribution >= 0.6 is 11.6 Å². The number of esters is 1. The molecular formula is C40H46ClF3N4O12. The number of nitrogens with one attached hydrogen (secondary N) is 1. The molecule has 8 atom stereocenters. The number of nitro benzene ring substituents is 1. The summed E-state index contributed by atoms with van der Waals surface area (Å²) < 4.78 is 70.0. The van der Waals surface area contributed by atoms with Crippen molar-refractivity contribution in [2.24, 2.45) is 5.92 Å². The molecule has 16 nitrogen and oxygen atoms in total. The second-order valence-corrected chi connectivity index (χ2v) is 15.7. The standard InChI is InChI=1S/C40H46ClF3N4O12/c1-20-10-9-11-30(57-8)39(53)19-29(58-37(52)45-39)21(2)34-38(4,60-34)31(18-32(49)47(6)27-15-23(14-20)16-28(56-7)33(27)41)59-36(51)22(3)46(5)35(50)24-12-13-26(48(54)55)25(17-24)40(42,43)44/h9-13,15-17,21-22,29-31,34,53H,14,18-19H2,1-8H3,(H,45,52)/b11-9+,20-10+/t21-,22+,29+,30-,31+,34+,38+,39+/m1/s1. The van der Waals surface area contributed by atoms with E-state index < -0.39 is 106 Å². The number of nitrogens with zero attached hydrogens (tertiary/aromatic N) is 3. The number of carbonyl (C=O) groups excluding carboxylic acids is 4. The second-order valence-electron chi connectivity index (χ2n) is 15.3. The van der Waals surface area contributed by atoms with Gasteiger partial charge in [0.05, 0.1) is 30.2 Å². The maximum Gasteiger partial charge on any atom is 0.423 e. The van der Waals surface area contributed by atoms with E-state index in [0.29, 0.717) is 24.1 Å². The van der Waals surface area contributed by atoms with Crippen molar-refractivity contribution < 1.29 is 66.1 Å². The highest BCUT2D eigenvalue weighted by molar-refractivity contribution is 6.35. The number of amides is 3. The van der Waals surface area contributed by atoms with Crippen LogP contribution in [0.1, 0.15) is 62.0 Å². The molecule has 5 rings (SSSR count). The van der Waals surface area contributed by atoms with Crippen LogP contribution in [0.5, 0.6) is 5.75 Å². The number of fused-ring (bicyclic) bond motifs is 5. The molecule has 0 spiro atoms. The summed E-state index contributed by atoms with van der Waals surface area (Å²) in [4.78, 5) is 66.5. The number of alkyl carbamates (subject to hydrolysis) is 1. The molecule has 20 heteroatoms. The number of rotatable bonds is 7. The Morgan fingerprint density at radius 1 is 1.20 bits per heavy atom. The average molecular weight is 867 g/mol. The topological polar surface area (TPSA) is 200 Å². The fraction of sp³-hybridized carbons (Fsp3) is 0.500. The molecule has 0 radical (unpaired) electrons. The van der Waals surface area contributed by atoms with E-state index in [1.807, 2.05) is 6.92 Å². The number of benzene rings is 2.